The minimum atomic E-state index is -1.57. The number of nitrogens with one attached hydrogen (secondary N) is 6. The molecule has 2 aliphatic rings. The van der Waals surface area contributed by atoms with Gasteiger partial charge in [-0.2, -0.15) is 12.6 Å². The minimum absolute atomic E-state index is 0.0274. The Morgan fingerprint density at radius 2 is 1.16 bits per heavy atom. The number of amides is 8. The van der Waals surface area contributed by atoms with Crippen LogP contribution in [0.15, 0.2) is 9.98 Å². The number of unbranched alkanes of at least 4 members (excludes halogenated alkanes) is 1. The first-order valence-electron chi connectivity index (χ1n) is 22.2. The number of hydrogen-bond donors (Lipinski definition) is 15. The summed E-state index contributed by atoms with van der Waals surface area (Å²) in [5.41, 5.74) is 32.8. The lowest BCUT2D eigenvalue weighted by Crippen LogP contribution is -2.60. The summed E-state index contributed by atoms with van der Waals surface area (Å²) < 4.78 is 0. The van der Waals surface area contributed by atoms with Crippen molar-refractivity contribution in [2.24, 2.45) is 44.4 Å². The predicted octanol–water partition coefficient (Wildman–Crippen LogP) is -6.90. The molecule has 0 radical (unpaired) electrons. The monoisotopic (exact) mass is 971 g/mol. The van der Waals surface area contributed by atoms with Crippen LogP contribution in [0.5, 0.6) is 0 Å². The van der Waals surface area contributed by atoms with E-state index in [0.717, 1.165) is 4.90 Å². The van der Waals surface area contributed by atoms with Gasteiger partial charge in [0.15, 0.2) is 11.9 Å². The molecular weight excluding hydrogens is 901 g/mol. The molecule has 0 aromatic rings. The molecule has 0 saturated carbocycles. The Kier molecular flexibility index (Phi) is 25.2. The van der Waals surface area contributed by atoms with E-state index < -0.39 is 115 Å². The first-order valence-corrected chi connectivity index (χ1v) is 22.8. The third-order valence-corrected chi connectivity index (χ3v) is 11.3. The van der Waals surface area contributed by atoms with E-state index in [1.165, 1.54) is 11.8 Å². The molecule has 378 valence electrons. The predicted molar refractivity (Wildman–Crippen MR) is 247 cm³/mol. The van der Waals surface area contributed by atoms with Crippen LogP contribution in [-0.2, 0) is 43.2 Å². The van der Waals surface area contributed by atoms with Crippen molar-refractivity contribution in [2.75, 3.05) is 51.6 Å². The van der Waals surface area contributed by atoms with Gasteiger partial charge in [0.1, 0.15) is 42.3 Å². The fourth-order valence-corrected chi connectivity index (χ4v) is 7.51. The topological polar surface area (TPSA) is 454 Å². The molecule has 2 fully saturated rings. The van der Waals surface area contributed by atoms with Gasteiger partial charge < -0.3 is 86.3 Å². The van der Waals surface area contributed by atoms with Crippen LogP contribution in [0.25, 0.3) is 0 Å². The molecule has 0 aromatic heterocycles. The number of thiol groups is 1. The van der Waals surface area contributed by atoms with E-state index in [1.807, 2.05) is 0 Å². The van der Waals surface area contributed by atoms with Crippen molar-refractivity contribution in [2.45, 2.75) is 126 Å². The highest BCUT2D eigenvalue weighted by Gasteiger charge is 2.41. The number of aliphatic carboxylic acids is 1. The van der Waals surface area contributed by atoms with Crippen molar-refractivity contribution in [3.8, 4) is 0 Å². The molecule has 67 heavy (non-hydrogen) atoms. The number of likely N-dealkylation sites (tertiary alicyclic amines) is 2. The minimum Gasteiger partial charge on any atom is -0.480 e. The molecule has 28 heteroatoms. The summed E-state index contributed by atoms with van der Waals surface area (Å²) >= 11 is 3.95. The van der Waals surface area contributed by atoms with Gasteiger partial charge in [-0.1, -0.05) is 0 Å². The first-order chi connectivity index (χ1) is 31.7. The normalized spacial score (nSPS) is 18.2. The van der Waals surface area contributed by atoms with Crippen molar-refractivity contribution in [3.63, 3.8) is 0 Å². The average Bonchev–Trinajstić information content (AvgIpc) is 3.99. The van der Waals surface area contributed by atoms with Gasteiger partial charge in [-0.3, -0.25) is 48.3 Å². The highest BCUT2D eigenvalue weighted by atomic mass is 32.1. The highest BCUT2D eigenvalue weighted by Crippen LogP contribution is 2.21. The summed E-state index contributed by atoms with van der Waals surface area (Å²) in [6.07, 6.45) is 2.62. The fraction of sp³-hybridized carbons (Fsp3) is 0.718. The van der Waals surface area contributed by atoms with E-state index >= 15 is 0 Å². The molecule has 0 aromatic carbocycles. The van der Waals surface area contributed by atoms with E-state index in [2.05, 4.69) is 54.5 Å². The van der Waals surface area contributed by atoms with Crippen molar-refractivity contribution in [1.82, 2.24) is 41.7 Å². The van der Waals surface area contributed by atoms with Crippen LogP contribution in [0, 0.1) is 0 Å². The van der Waals surface area contributed by atoms with Crippen molar-refractivity contribution in [1.29, 1.82) is 0 Å². The molecule has 2 aliphatic heterocycles. The number of hydrogen-bond acceptors (Lipinski definition) is 15. The zero-order valence-electron chi connectivity index (χ0n) is 37.8. The fourth-order valence-electron chi connectivity index (χ4n) is 7.35. The number of carboxylic acid groups (broad SMARTS) is 1. The van der Waals surface area contributed by atoms with E-state index in [9.17, 15) is 53.4 Å². The lowest BCUT2D eigenvalue weighted by atomic mass is 10.1. The molecule has 20 N–H and O–H groups in total. The highest BCUT2D eigenvalue weighted by molar-refractivity contribution is 7.80. The molecule has 0 spiro atoms. The third-order valence-electron chi connectivity index (χ3n) is 10.9. The Morgan fingerprint density at radius 3 is 1.66 bits per heavy atom. The van der Waals surface area contributed by atoms with Crippen LogP contribution in [0.4, 0.5) is 0 Å². The summed E-state index contributed by atoms with van der Waals surface area (Å²) in [7, 11) is 0. The van der Waals surface area contributed by atoms with Crippen LogP contribution in [0.3, 0.4) is 0 Å². The Morgan fingerprint density at radius 1 is 0.672 bits per heavy atom. The molecule has 27 nitrogen and oxygen atoms in total. The van der Waals surface area contributed by atoms with Crippen molar-refractivity contribution in [3.05, 3.63) is 0 Å². The quantitative estimate of drug-likeness (QED) is 0.0143. The van der Waals surface area contributed by atoms with Crippen molar-refractivity contribution >= 4 is 77.8 Å². The van der Waals surface area contributed by atoms with Gasteiger partial charge in [0.05, 0.1) is 19.2 Å². The van der Waals surface area contributed by atoms with E-state index in [1.54, 1.807) is 0 Å². The number of nitrogens with two attached hydrogens (primary N) is 6. The van der Waals surface area contributed by atoms with Gasteiger partial charge in [-0.05, 0) is 84.1 Å². The first kappa shape index (κ1) is 57.1. The second-order valence-electron chi connectivity index (χ2n) is 16.1. The molecule has 2 heterocycles. The number of carboxylic acids is 1. The molecule has 0 aliphatic carbocycles. The largest absolute Gasteiger partial charge is 0.480 e. The Labute approximate surface area is 393 Å². The molecule has 2 rings (SSSR count). The van der Waals surface area contributed by atoms with Gasteiger partial charge in [-0.25, -0.2) is 4.79 Å². The number of carbonyl (C=O) groups is 9. The number of aliphatic hydroxyl groups is 1. The van der Waals surface area contributed by atoms with Crippen LogP contribution < -0.4 is 66.3 Å². The average molecular weight is 971 g/mol. The Bertz CT molecular complexity index is 1780. The maximum Gasteiger partial charge on any atom is 0.326 e. The van der Waals surface area contributed by atoms with Gasteiger partial charge in [0.25, 0.3) is 0 Å². The van der Waals surface area contributed by atoms with E-state index in [4.69, 9.17) is 34.4 Å². The maximum atomic E-state index is 13.9. The summed E-state index contributed by atoms with van der Waals surface area (Å²) in [6, 6.07) is -9.70. The zero-order chi connectivity index (χ0) is 50.2. The van der Waals surface area contributed by atoms with Crippen molar-refractivity contribution < 1.29 is 53.4 Å². The van der Waals surface area contributed by atoms with Crippen LogP contribution in [-0.4, -0.2) is 185 Å². The summed E-state index contributed by atoms with van der Waals surface area (Å²) in [5, 5.41) is 35.0. The Hall–Kier alpha value is -6.00. The molecule has 0 bridgehead atoms. The Balaban J connectivity index is 2.21. The number of aliphatic hydroxyl groups excluding tert-OH is 1. The number of carbonyl (C=O) groups excluding carboxylic acids is 8. The molecule has 2 saturated heterocycles. The standard InChI is InChI=1S/C39H70N16O11S/c1-21(49-31(59)23(9-4-14-46-38(42)43)50-29(57)18-48-30(58)22(41)20-67)35(63)54-16-6-11-27(54)33(61)51-24(10-5-15-47-39(44)45)32(60)53-26(19-56)36(64)55-17-7-12-28(55)34(62)52-25(37(65)66)8-2-3-13-40/h21-28,56,67H,2-20,40-41H2,1H3,(H,48,58)(H,49,59)(H,50,57)(H,51,61)(H,52,62)(H,53,60)(H,65,66)(H4,42,43,46)(H4,44,45,47)/t21-,22-,23-,24-,25-,26-,27-,28-/m0/s1. The third kappa shape index (κ3) is 19.4. The summed E-state index contributed by atoms with van der Waals surface area (Å²) in [5.74, 6) is -7.54. The number of nitrogens with zero attached hydrogens (tertiary/aromatic N) is 4. The second-order valence-corrected chi connectivity index (χ2v) is 16.5. The molecule has 8 atom stereocenters. The van der Waals surface area contributed by atoms with Crippen LogP contribution >= 0.6 is 12.6 Å². The molecule has 0 unspecified atom stereocenters. The summed E-state index contributed by atoms with van der Waals surface area (Å²) in [4.78, 5) is 129. The molecule has 8 amide bonds. The smallest absolute Gasteiger partial charge is 0.326 e. The second kappa shape index (κ2) is 29.6. The lowest BCUT2D eigenvalue weighted by Gasteiger charge is -2.31. The van der Waals surface area contributed by atoms with Gasteiger partial charge >= 0.3 is 5.97 Å². The SMILES string of the molecule is C[C@H](NC(=O)[C@H](CCCN=C(N)N)NC(=O)CNC(=O)[C@@H](N)CS)C(=O)N1CCC[C@H]1C(=O)N[C@@H](CCCN=C(N)N)C(=O)N[C@@H](CO)C(=O)N1CCC[C@H]1C(=O)N[C@@H](CCCCN)C(=O)O. The van der Waals surface area contributed by atoms with Gasteiger partial charge in [0, 0.05) is 31.9 Å². The maximum absolute atomic E-state index is 13.9. The molecular formula is C39H70N16O11S. The summed E-state index contributed by atoms with van der Waals surface area (Å²) in [6.45, 7) is 0.692. The van der Waals surface area contributed by atoms with E-state index in [0.29, 0.717) is 32.2 Å². The number of rotatable bonds is 29. The van der Waals surface area contributed by atoms with Crippen LogP contribution in [0.1, 0.15) is 77.6 Å². The number of guanidine groups is 2. The van der Waals surface area contributed by atoms with Gasteiger partial charge in [0.2, 0.25) is 47.3 Å². The number of aliphatic imine (C=N–C) groups is 2. The zero-order valence-corrected chi connectivity index (χ0v) is 38.7. The van der Waals surface area contributed by atoms with Gasteiger partial charge in [-0.15, -0.1) is 0 Å². The van der Waals surface area contributed by atoms with Crippen LogP contribution in [0.2, 0.25) is 0 Å². The van der Waals surface area contributed by atoms with E-state index in [-0.39, 0.29) is 88.8 Å². The lowest BCUT2D eigenvalue weighted by molar-refractivity contribution is -0.145.